The third-order valence-electron chi connectivity index (χ3n) is 1.66. The summed E-state index contributed by atoms with van der Waals surface area (Å²) >= 11 is 0. The van der Waals surface area contributed by atoms with Crippen molar-refractivity contribution in [2.45, 2.75) is 58.2 Å². The highest BCUT2D eigenvalue weighted by atomic mass is 28.4. The molecule has 0 aliphatic carbocycles. The van der Waals surface area contributed by atoms with E-state index >= 15 is 0 Å². The zero-order valence-electron chi connectivity index (χ0n) is 11.4. The monoisotopic (exact) mass is 263 g/mol. The molecule has 5 heteroatoms. The van der Waals surface area contributed by atoms with Crippen LogP contribution in [0.15, 0.2) is 0 Å². The van der Waals surface area contributed by atoms with Crippen molar-refractivity contribution in [3.05, 3.63) is 6.42 Å². The van der Waals surface area contributed by atoms with Crippen molar-refractivity contribution in [3.63, 3.8) is 0 Å². The van der Waals surface area contributed by atoms with Gasteiger partial charge in [0.1, 0.15) is 5.91 Å². The second-order valence-corrected chi connectivity index (χ2v) is 16.6. The standard InChI is InChI=1S/C10H27O2Si3/c1-8-9-13-10(11-14(2,3)4)12-15(5,6)7/h8,10H,9,13H2,1-7H3. The van der Waals surface area contributed by atoms with Crippen molar-refractivity contribution in [1.82, 2.24) is 0 Å². The quantitative estimate of drug-likeness (QED) is 0.519. The van der Waals surface area contributed by atoms with Crippen LogP contribution in [-0.2, 0) is 8.85 Å². The van der Waals surface area contributed by atoms with Crippen molar-refractivity contribution in [2.24, 2.45) is 0 Å². The maximum Gasteiger partial charge on any atom is 0.186 e. The fraction of sp³-hybridized carbons (Fsp3) is 0.900. The molecule has 1 radical (unpaired) electrons. The summed E-state index contributed by atoms with van der Waals surface area (Å²) in [6.07, 6.45) is 2.24. The Bertz CT molecular complexity index is 156. The van der Waals surface area contributed by atoms with Gasteiger partial charge < -0.3 is 8.85 Å². The lowest BCUT2D eigenvalue weighted by molar-refractivity contribution is 0.0607. The Morgan fingerprint density at radius 1 is 1.00 bits per heavy atom. The van der Waals surface area contributed by atoms with Crippen LogP contribution in [-0.4, -0.2) is 32.1 Å². The highest BCUT2D eigenvalue weighted by molar-refractivity contribution is 6.71. The van der Waals surface area contributed by atoms with E-state index in [1.807, 2.05) is 0 Å². The Labute approximate surface area is 99.8 Å². The molecule has 0 saturated carbocycles. The van der Waals surface area contributed by atoms with E-state index in [2.05, 4.69) is 52.6 Å². The summed E-state index contributed by atoms with van der Waals surface area (Å²) in [4.78, 5) is 0. The average molecular weight is 264 g/mol. The van der Waals surface area contributed by atoms with Gasteiger partial charge in [0.25, 0.3) is 0 Å². The molecule has 0 aromatic heterocycles. The molecular formula is C10H27O2Si3. The van der Waals surface area contributed by atoms with Crippen LogP contribution in [0.3, 0.4) is 0 Å². The van der Waals surface area contributed by atoms with Crippen LogP contribution in [0.2, 0.25) is 45.3 Å². The predicted molar refractivity (Wildman–Crippen MR) is 76.0 cm³/mol. The van der Waals surface area contributed by atoms with Gasteiger partial charge in [0.2, 0.25) is 0 Å². The number of hydrogen-bond donors (Lipinski definition) is 0. The topological polar surface area (TPSA) is 18.5 Å². The largest absolute Gasteiger partial charge is 0.398 e. The predicted octanol–water partition coefficient (Wildman–Crippen LogP) is 2.78. The average Bonchev–Trinajstić information content (AvgIpc) is 1.94. The molecule has 91 valence electrons. The first kappa shape index (κ1) is 15.6. The summed E-state index contributed by atoms with van der Waals surface area (Å²) in [6, 6.07) is 1.21. The van der Waals surface area contributed by atoms with Gasteiger partial charge >= 0.3 is 0 Å². The molecule has 0 aliphatic heterocycles. The Balaban J connectivity index is 4.19. The first-order chi connectivity index (χ1) is 6.64. The molecule has 0 rings (SSSR count). The molecular weight excluding hydrogens is 236 g/mol. The molecule has 0 unspecified atom stereocenters. The lowest BCUT2D eigenvalue weighted by Gasteiger charge is -2.31. The lowest BCUT2D eigenvalue weighted by Crippen LogP contribution is -2.42. The normalized spacial score (nSPS) is 14.4. The molecule has 0 heterocycles. The minimum absolute atomic E-state index is 0.152. The molecule has 0 aromatic rings. The van der Waals surface area contributed by atoms with Crippen LogP contribution < -0.4 is 0 Å². The molecule has 0 saturated heterocycles. The first-order valence-electron chi connectivity index (χ1n) is 5.77. The van der Waals surface area contributed by atoms with Gasteiger partial charge in [0.15, 0.2) is 16.6 Å². The maximum atomic E-state index is 6.11. The second-order valence-electron chi connectivity index (χ2n) is 5.88. The summed E-state index contributed by atoms with van der Waals surface area (Å²) in [6.45, 7) is 15.5. The van der Waals surface area contributed by atoms with Crippen molar-refractivity contribution in [1.29, 1.82) is 0 Å². The molecule has 0 aliphatic rings. The van der Waals surface area contributed by atoms with Crippen molar-refractivity contribution >= 4 is 26.2 Å². The van der Waals surface area contributed by atoms with E-state index < -0.39 is 16.6 Å². The van der Waals surface area contributed by atoms with E-state index in [1.165, 1.54) is 6.04 Å². The summed E-state index contributed by atoms with van der Waals surface area (Å²) in [5.41, 5.74) is 0. The van der Waals surface area contributed by atoms with E-state index in [-0.39, 0.29) is 15.4 Å². The van der Waals surface area contributed by atoms with E-state index in [4.69, 9.17) is 8.85 Å². The van der Waals surface area contributed by atoms with Gasteiger partial charge in [-0.15, -0.1) is 0 Å². The van der Waals surface area contributed by atoms with Gasteiger partial charge in [0, 0.05) is 0 Å². The van der Waals surface area contributed by atoms with Crippen LogP contribution in [0.25, 0.3) is 0 Å². The molecule has 2 nitrogen and oxygen atoms in total. The van der Waals surface area contributed by atoms with Crippen LogP contribution >= 0.6 is 0 Å². The number of hydrogen-bond acceptors (Lipinski definition) is 2. The minimum Gasteiger partial charge on any atom is -0.398 e. The van der Waals surface area contributed by atoms with Gasteiger partial charge in [-0.05, 0) is 45.7 Å². The number of rotatable bonds is 7. The van der Waals surface area contributed by atoms with Crippen LogP contribution in [0.1, 0.15) is 6.92 Å². The lowest BCUT2D eigenvalue weighted by atomic mass is 10.6. The Hall–Kier alpha value is 0.571. The Morgan fingerprint density at radius 3 is 1.67 bits per heavy atom. The van der Waals surface area contributed by atoms with Crippen LogP contribution in [0.5, 0.6) is 0 Å². The third-order valence-corrected chi connectivity index (χ3v) is 5.98. The SMILES string of the molecule is C[CH]C[SiH2]C(O[Si](C)(C)C)O[Si](C)(C)C. The van der Waals surface area contributed by atoms with E-state index in [0.717, 1.165) is 0 Å². The summed E-state index contributed by atoms with van der Waals surface area (Å²) < 4.78 is 12.2. The minimum atomic E-state index is -1.45. The maximum absolute atomic E-state index is 6.11. The van der Waals surface area contributed by atoms with Crippen LogP contribution in [0.4, 0.5) is 0 Å². The van der Waals surface area contributed by atoms with E-state index in [1.54, 1.807) is 0 Å². The van der Waals surface area contributed by atoms with Gasteiger partial charge in [-0.25, -0.2) is 0 Å². The second kappa shape index (κ2) is 6.34. The van der Waals surface area contributed by atoms with Gasteiger partial charge in [-0.2, -0.15) is 0 Å². The third kappa shape index (κ3) is 10.8. The zero-order chi connectivity index (χ0) is 12.1. The van der Waals surface area contributed by atoms with E-state index in [0.29, 0.717) is 0 Å². The van der Waals surface area contributed by atoms with Crippen molar-refractivity contribution < 1.29 is 8.85 Å². The molecule has 0 bridgehead atoms. The molecule has 0 spiro atoms. The molecule has 0 aromatic carbocycles. The Morgan fingerprint density at radius 2 is 1.40 bits per heavy atom. The van der Waals surface area contributed by atoms with Crippen molar-refractivity contribution in [3.8, 4) is 0 Å². The van der Waals surface area contributed by atoms with Gasteiger partial charge in [-0.3, -0.25) is 0 Å². The first-order valence-corrected chi connectivity index (χ1v) is 14.4. The summed E-state index contributed by atoms with van der Waals surface area (Å²) in [5.74, 6) is 0.152. The van der Waals surface area contributed by atoms with Gasteiger partial charge in [0.05, 0.1) is 9.52 Å². The van der Waals surface area contributed by atoms with Gasteiger partial charge in [-0.1, -0.05) is 13.0 Å². The fourth-order valence-electron chi connectivity index (χ4n) is 1.23. The fourth-order valence-corrected chi connectivity index (χ4v) is 7.55. The van der Waals surface area contributed by atoms with Crippen LogP contribution in [0, 0.1) is 6.42 Å². The zero-order valence-corrected chi connectivity index (χ0v) is 14.8. The molecule has 0 fully saturated rings. The van der Waals surface area contributed by atoms with E-state index in [9.17, 15) is 0 Å². The highest BCUT2D eigenvalue weighted by Crippen LogP contribution is 2.14. The molecule has 0 atom stereocenters. The molecule has 0 N–H and O–H groups in total. The smallest absolute Gasteiger partial charge is 0.186 e. The summed E-state index contributed by atoms with van der Waals surface area (Å²) in [5, 5.41) is 0. The van der Waals surface area contributed by atoms with Crippen molar-refractivity contribution in [2.75, 3.05) is 0 Å². The Kier molecular flexibility index (Phi) is 6.58. The molecule has 0 amide bonds. The molecule has 15 heavy (non-hydrogen) atoms. The summed E-state index contributed by atoms with van der Waals surface area (Å²) in [7, 11) is -3.17. The highest BCUT2D eigenvalue weighted by Gasteiger charge is 2.26.